The molecule has 27 nitrogen and oxygen atoms in total. The lowest BCUT2D eigenvalue weighted by atomic mass is 10.0. The Labute approximate surface area is 387 Å². The average molecular weight is 964 g/mol. The largest absolute Gasteiger partial charge is 0.508 e. The first-order chi connectivity index (χ1) is 31.8. The van der Waals surface area contributed by atoms with Crippen LogP contribution in [0.4, 0.5) is 0 Å². The Morgan fingerprint density at radius 3 is 1.49 bits per heavy atom. The summed E-state index contributed by atoms with van der Waals surface area (Å²) in [4.78, 5) is 167. The fraction of sp³-hybridized carbons (Fsp3) is 0.537. The van der Waals surface area contributed by atoms with Crippen LogP contribution in [0.5, 0.6) is 5.75 Å². The maximum absolute atomic E-state index is 13.9. The number of amides is 9. The number of benzene rings is 1. The first-order valence-corrected chi connectivity index (χ1v) is 21.2. The molecule has 1 aliphatic rings. The molecule has 2 rings (SSSR count). The molecule has 0 unspecified atom stereocenters. The summed E-state index contributed by atoms with van der Waals surface area (Å²) in [6, 6.07) is -6.97. The summed E-state index contributed by atoms with van der Waals surface area (Å²) < 4.78 is 0. The van der Waals surface area contributed by atoms with Gasteiger partial charge in [0.05, 0.1) is 13.0 Å². The minimum absolute atomic E-state index is 0.0902. The number of phenolic OH excluding ortho intramolecular Hbond substituents is 1. The summed E-state index contributed by atoms with van der Waals surface area (Å²) in [5.74, 6) is -16.7. The van der Waals surface area contributed by atoms with Crippen LogP contribution in [0.3, 0.4) is 0 Å². The van der Waals surface area contributed by atoms with Gasteiger partial charge >= 0.3 is 23.9 Å². The molecule has 1 heterocycles. The molecule has 1 fully saturated rings. The van der Waals surface area contributed by atoms with E-state index in [0.717, 1.165) is 0 Å². The fourth-order valence-corrected chi connectivity index (χ4v) is 6.50. The molecule has 0 saturated carbocycles. The molecular weight excluding hydrogens is 906 g/mol. The third-order valence-corrected chi connectivity index (χ3v) is 9.98. The number of nitrogens with two attached hydrogens (primary N) is 1. The van der Waals surface area contributed by atoms with Gasteiger partial charge in [0.25, 0.3) is 0 Å². The first-order valence-electron chi connectivity index (χ1n) is 21.2. The molecule has 7 atom stereocenters. The molecule has 9 amide bonds. The minimum Gasteiger partial charge on any atom is -0.508 e. The Kier molecular flexibility index (Phi) is 22.8. The highest BCUT2D eigenvalue weighted by atomic mass is 16.4. The average Bonchev–Trinajstić information content (AvgIpc) is 3.24. The molecule has 1 aromatic rings. The van der Waals surface area contributed by atoms with Crippen molar-refractivity contribution in [2.24, 2.45) is 11.7 Å². The zero-order valence-electron chi connectivity index (χ0n) is 37.0. The number of phenols is 1. The highest BCUT2D eigenvalue weighted by Gasteiger charge is 2.35. The SMILES string of the molecule is CC(C)C[C@@H]1NC(=O)CNC(=O)[C@H](CCC(=O)O)NC(=O)[C@H](CC(=O)O)NC(=O)[C@H](Cc2ccc(O)cc2)NC(=O)[C@H](CCC(=O)O)NC(=O)CC[C@@H](C(N)=O)NC(=O)[C@H](CCC(=O)O)NC1=O. The molecule has 0 aliphatic carbocycles. The van der Waals surface area contributed by atoms with Crippen LogP contribution in [-0.2, 0) is 68.7 Å². The van der Waals surface area contributed by atoms with Crippen LogP contribution in [0.25, 0.3) is 0 Å². The van der Waals surface area contributed by atoms with Gasteiger partial charge in [-0.05, 0) is 55.7 Å². The van der Waals surface area contributed by atoms with Crippen LogP contribution >= 0.6 is 0 Å². The van der Waals surface area contributed by atoms with Crippen molar-refractivity contribution < 1.29 is 87.9 Å². The van der Waals surface area contributed by atoms with Gasteiger partial charge in [-0.15, -0.1) is 0 Å². The van der Waals surface area contributed by atoms with Crippen LogP contribution in [0.2, 0.25) is 0 Å². The van der Waals surface area contributed by atoms with E-state index in [1.807, 2.05) is 0 Å². The zero-order valence-corrected chi connectivity index (χ0v) is 37.0. The van der Waals surface area contributed by atoms with Crippen molar-refractivity contribution in [3.05, 3.63) is 29.8 Å². The van der Waals surface area contributed by atoms with Crippen LogP contribution in [0.15, 0.2) is 24.3 Å². The molecule has 1 aliphatic heterocycles. The van der Waals surface area contributed by atoms with E-state index in [4.69, 9.17) is 5.73 Å². The Balaban J connectivity index is 2.72. The van der Waals surface area contributed by atoms with Gasteiger partial charge in [0.15, 0.2) is 0 Å². The number of carboxylic acid groups (broad SMARTS) is 4. The Morgan fingerprint density at radius 1 is 0.559 bits per heavy atom. The molecule has 0 bridgehead atoms. The van der Waals surface area contributed by atoms with Gasteiger partial charge in [-0.1, -0.05) is 26.0 Å². The second-order valence-electron chi connectivity index (χ2n) is 16.1. The Hall–Kier alpha value is -7.87. The van der Waals surface area contributed by atoms with Crippen molar-refractivity contribution >= 4 is 77.0 Å². The van der Waals surface area contributed by atoms with E-state index < -0.39 is 190 Å². The van der Waals surface area contributed by atoms with Crippen molar-refractivity contribution in [3.63, 3.8) is 0 Å². The molecule has 15 N–H and O–H groups in total. The van der Waals surface area contributed by atoms with E-state index in [2.05, 4.69) is 42.5 Å². The third-order valence-electron chi connectivity index (χ3n) is 9.98. The summed E-state index contributed by atoms with van der Waals surface area (Å²) in [5.41, 5.74) is 5.77. The molecule has 27 heteroatoms. The molecule has 1 saturated heterocycles. The third kappa shape index (κ3) is 21.0. The number of carboxylic acids is 4. The molecular formula is C41H57N9O18. The zero-order chi connectivity index (χ0) is 51.2. The van der Waals surface area contributed by atoms with E-state index >= 15 is 0 Å². The van der Waals surface area contributed by atoms with Crippen molar-refractivity contribution in [2.45, 2.75) is 127 Å². The second-order valence-corrected chi connectivity index (χ2v) is 16.1. The van der Waals surface area contributed by atoms with Crippen molar-refractivity contribution in [1.29, 1.82) is 0 Å². The quantitative estimate of drug-likeness (QED) is 0.0748. The van der Waals surface area contributed by atoms with Gasteiger partial charge in [0, 0.05) is 32.1 Å². The van der Waals surface area contributed by atoms with E-state index in [1.165, 1.54) is 24.3 Å². The number of aliphatic carboxylic acids is 4. The molecule has 0 aromatic heterocycles. The minimum atomic E-state index is -2.03. The Bertz CT molecular complexity index is 2060. The second kappa shape index (κ2) is 27.6. The van der Waals surface area contributed by atoms with Gasteiger partial charge in [-0.3, -0.25) is 62.3 Å². The molecule has 1 aromatic carbocycles. The Morgan fingerprint density at radius 2 is 0.985 bits per heavy atom. The highest BCUT2D eigenvalue weighted by Crippen LogP contribution is 2.14. The lowest BCUT2D eigenvalue weighted by Crippen LogP contribution is -2.59. The van der Waals surface area contributed by atoms with Gasteiger partial charge in [0.2, 0.25) is 53.2 Å². The maximum atomic E-state index is 13.9. The summed E-state index contributed by atoms with van der Waals surface area (Å²) in [6.07, 6.45) is -6.87. The van der Waals surface area contributed by atoms with E-state index in [9.17, 15) is 87.9 Å². The molecule has 68 heavy (non-hydrogen) atoms. The van der Waals surface area contributed by atoms with Gasteiger partial charge in [0.1, 0.15) is 48.0 Å². The summed E-state index contributed by atoms with van der Waals surface area (Å²) in [6.45, 7) is 2.41. The lowest BCUT2D eigenvalue weighted by molar-refractivity contribution is -0.142. The van der Waals surface area contributed by atoms with Crippen molar-refractivity contribution in [3.8, 4) is 5.75 Å². The lowest BCUT2D eigenvalue weighted by Gasteiger charge is -2.27. The standard InChI is InChI=1S/C41H57N9O18/c1-19(2)15-26-39(66)48-25(10-14-33(58)59)38(65)46-22(35(42)62)7-11-29(52)44-24(9-13-32(56)57)37(64)49-27(16-20-3-5-21(51)6-4-20)40(67)50-28(17-34(60)61)41(68)47-23(8-12-31(54)55)36(63)43-18-30(53)45-26/h3-6,19,22-28,51H,7-18H2,1-2H3,(H2,42,62)(H,43,63)(H,44,52)(H,45,53)(H,46,65)(H,47,68)(H,48,66)(H,49,64)(H,50,67)(H,54,55)(H,56,57)(H,58,59)(H,60,61)/t22-,23-,24-,25-,26-,27-,28-/m0/s1. The van der Waals surface area contributed by atoms with Crippen molar-refractivity contribution in [1.82, 2.24) is 42.5 Å². The monoisotopic (exact) mass is 963 g/mol. The van der Waals surface area contributed by atoms with Crippen LogP contribution < -0.4 is 48.3 Å². The van der Waals surface area contributed by atoms with E-state index in [-0.39, 0.29) is 23.7 Å². The predicted molar refractivity (Wildman–Crippen MR) is 229 cm³/mol. The summed E-state index contributed by atoms with van der Waals surface area (Å²) in [7, 11) is 0. The van der Waals surface area contributed by atoms with Crippen LogP contribution in [0.1, 0.15) is 83.6 Å². The van der Waals surface area contributed by atoms with Crippen LogP contribution in [-0.4, -0.2) is 151 Å². The number of hydrogen-bond donors (Lipinski definition) is 14. The summed E-state index contributed by atoms with van der Waals surface area (Å²) in [5, 5.41) is 65.7. The van der Waals surface area contributed by atoms with Gasteiger partial charge in [-0.2, -0.15) is 0 Å². The fourth-order valence-electron chi connectivity index (χ4n) is 6.50. The number of rotatable bonds is 16. The number of hydrogen-bond acceptors (Lipinski definition) is 14. The summed E-state index contributed by atoms with van der Waals surface area (Å²) >= 11 is 0. The normalized spacial score (nSPS) is 23.2. The highest BCUT2D eigenvalue weighted by molar-refractivity contribution is 5.98. The van der Waals surface area contributed by atoms with E-state index in [1.54, 1.807) is 13.8 Å². The predicted octanol–water partition coefficient (Wildman–Crippen LogP) is -4.16. The first kappa shape index (κ1) is 56.3. The topological polar surface area (TPSA) is 445 Å². The van der Waals surface area contributed by atoms with Crippen molar-refractivity contribution in [2.75, 3.05) is 6.54 Å². The molecule has 0 radical (unpaired) electrons. The number of nitrogens with one attached hydrogen (secondary N) is 8. The number of carbonyl (C=O) groups excluding carboxylic acids is 9. The number of primary amides is 1. The number of aromatic hydroxyl groups is 1. The smallest absolute Gasteiger partial charge is 0.305 e. The van der Waals surface area contributed by atoms with E-state index in [0.29, 0.717) is 0 Å². The van der Waals surface area contributed by atoms with Gasteiger partial charge in [-0.25, -0.2) is 0 Å². The number of carbonyl (C=O) groups is 13. The van der Waals surface area contributed by atoms with Gasteiger partial charge < -0.3 is 73.8 Å². The van der Waals surface area contributed by atoms with Crippen LogP contribution in [0, 0.1) is 5.92 Å². The molecule has 0 spiro atoms. The maximum Gasteiger partial charge on any atom is 0.305 e. The molecule has 374 valence electrons.